The van der Waals surface area contributed by atoms with Crippen molar-refractivity contribution in [2.45, 2.75) is 213 Å². The molecule has 4 nitrogen and oxygen atoms in total. The van der Waals surface area contributed by atoms with Crippen molar-refractivity contribution < 1.29 is 18.3 Å². The van der Waals surface area contributed by atoms with Crippen LogP contribution < -0.4 is 18.3 Å². The summed E-state index contributed by atoms with van der Waals surface area (Å²) < 4.78 is 9.44. The molecule has 1 aliphatic rings. The van der Waals surface area contributed by atoms with Crippen LogP contribution in [-0.4, -0.2) is 0 Å². The van der Waals surface area contributed by atoms with Gasteiger partial charge in [-0.15, -0.1) is 0 Å². The fraction of sp³-hybridized carbons (Fsp3) is 0.333. The molecule has 1 aliphatic carbocycles. The van der Waals surface area contributed by atoms with Gasteiger partial charge < -0.3 is 0 Å². The fourth-order valence-electron chi connectivity index (χ4n) is 17.5. The first kappa shape index (κ1) is 81.3. The molecular formula is C108H126N4+4. The van der Waals surface area contributed by atoms with E-state index in [2.05, 4.69) is 411 Å². The first-order chi connectivity index (χ1) is 53.2. The number of aryl methyl sites for hydroxylation is 8. The lowest BCUT2D eigenvalue weighted by molar-refractivity contribution is -0.665. The third-order valence-corrected chi connectivity index (χ3v) is 25.1. The minimum atomic E-state index is 0.133. The largest absolute Gasteiger partial charge is 0.220 e. The Hall–Kier alpha value is -10.2. The molecule has 14 aromatic rings. The molecule has 0 unspecified atom stereocenters. The van der Waals surface area contributed by atoms with Gasteiger partial charge in [0, 0.05) is 52.0 Å². The molecule has 0 N–H and O–H groups in total. The Morgan fingerprint density at radius 2 is 0.598 bits per heavy atom. The predicted octanol–water partition coefficient (Wildman–Crippen LogP) is 27.5. The fourth-order valence-corrected chi connectivity index (χ4v) is 17.5. The van der Waals surface area contributed by atoms with Gasteiger partial charge in [0.05, 0.1) is 43.8 Å². The zero-order valence-electron chi connectivity index (χ0n) is 72.7. The van der Waals surface area contributed by atoms with Gasteiger partial charge in [-0.05, 0) is 261 Å². The van der Waals surface area contributed by atoms with Gasteiger partial charge in [0.25, 0.3) is 0 Å². The second-order valence-electron chi connectivity index (χ2n) is 35.1. The van der Waals surface area contributed by atoms with Crippen molar-refractivity contribution in [1.82, 2.24) is 0 Å². The maximum Gasteiger partial charge on any atom is 0.220 e. The highest BCUT2D eigenvalue weighted by atomic mass is 15.0. The predicted molar refractivity (Wildman–Crippen MR) is 481 cm³/mol. The number of aromatic nitrogens is 4. The molecule has 10 aromatic carbocycles. The molecule has 0 bridgehead atoms. The molecule has 1 fully saturated rings. The van der Waals surface area contributed by atoms with Crippen LogP contribution in [0.3, 0.4) is 0 Å². The molecule has 0 amide bonds. The summed E-state index contributed by atoms with van der Waals surface area (Å²) >= 11 is 0. The second kappa shape index (κ2) is 33.6. The highest BCUT2D eigenvalue weighted by molar-refractivity contribution is 6.00. The number of pyridine rings is 4. The Bertz CT molecular complexity index is 5850. The molecule has 4 aromatic heterocycles. The first-order valence-electron chi connectivity index (χ1n) is 41.5. The summed E-state index contributed by atoms with van der Waals surface area (Å²) in [6.07, 6.45) is 5.46. The molecule has 4 heterocycles. The van der Waals surface area contributed by atoms with E-state index >= 15 is 0 Å². The van der Waals surface area contributed by atoms with Crippen LogP contribution in [0.5, 0.6) is 0 Å². The average molecular weight is 1480 g/mol. The summed E-state index contributed by atoms with van der Waals surface area (Å²) in [4.78, 5) is 0. The molecule has 0 radical (unpaired) electrons. The van der Waals surface area contributed by atoms with Crippen molar-refractivity contribution in [3.05, 3.63) is 307 Å². The van der Waals surface area contributed by atoms with Crippen LogP contribution in [0.15, 0.2) is 212 Å². The van der Waals surface area contributed by atoms with Gasteiger partial charge in [-0.2, -0.15) is 18.3 Å². The van der Waals surface area contributed by atoms with Crippen LogP contribution in [0, 0.1) is 76.2 Å². The zero-order valence-corrected chi connectivity index (χ0v) is 72.7. The standard InChI is InChI=1S/C28H30N.C27H34N.C27H28N.C26H34N/c1-18(2)24-13-10-14-25-27(24)16-20(4)29(6)28(25)26-17-23(15-19(3)21(26)5)22-11-8-7-9-12-22;1-17(2)23-12-9-13-24-26(23)15-19(4)28(6)27(24)25-16-22(14-18(3)20(25)5)21-10-7-8-11-21;1-18(2)23-12-9-13-24-26(23)16-20(4)28(5)27(24)25-17-22(15-14-19(25)3)21-10-7-6-8-11-21;1-16(2)21-11-10-12-22-24(21)14-18(4)27(9)25(22)23-15-20(26(6,7)8)13-17(3)19(23)5/h7-18H,1-6H3;9,12-17,21H,7-8,10-11H2,1-6H3;6-18H,1-5H3;10-16H,1-9H3/q4*+1. The van der Waals surface area contributed by atoms with Crippen molar-refractivity contribution in [3.63, 3.8) is 0 Å². The lowest BCUT2D eigenvalue weighted by Gasteiger charge is -2.22. The van der Waals surface area contributed by atoms with Crippen LogP contribution in [0.25, 0.3) is 110 Å². The van der Waals surface area contributed by atoms with Crippen molar-refractivity contribution in [1.29, 1.82) is 0 Å². The average Bonchev–Trinajstić information content (AvgIpc) is 0.842. The van der Waals surface area contributed by atoms with Crippen LogP contribution >= 0.6 is 0 Å². The quantitative estimate of drug-likeness (QED) is 0.115. The number of rotatable bonds is 11. The van der Waals surface area contributed by atoms with E-state index < -0.39 is 0 Å². The van der Waals surface area contributed by atoms with Crippen molar-refractivity contribution >= 4 is 43.1 Å². The summed E-state index contributed by atoms with van der Waals surface area (Å²) in [5.41, 5.74) is 39.3. The summed E-state index contributed by atoms with van der Waals surface area (Å²) in [6.45, 7) is 49.8. The van der Waals surface area contributed by atoms with Gasteiger partial charge in [0.15, 0.2) is 22.8 Å². The van der Waals surface area contributed by atoms with Crippen molar-refractivity contribution in [2.75, 3.05) is 0 Å². The molecule has 0 spiro atoms. The first-order valence-corrected chi connectivity index (χ1v) is 41.5. The number of fused-ring (bicyclic) bond motifs is 4. The lowest BCUT2D eigenvalue weighted by Crippen LogP contribution is -2.35. The lowest BCUT2D eigenvalue weighted by atomic mass is 9.82. The second-order valence-corrected chi connectivity index (χ2v) is 35.1. The summed E-state index contributed by atoms with van der Waals surface area (Å²) in [6, 6.07) is 79.1. The Morgan fingerprint density at radius 3 is 0.964 bits per heavy atom. The SMILES string of the molecule is Cc1cc(-c2ccccc2)cc(-c2c3cccc(C(C)C)c3cc(C)[n+]2C)c1C.Cc1cc(C(C)(C)C)cc(-c2c3cccc(C(C)C)c3cc(C)[n+]2C)c1C.Cc1cc(C2CCCC2)cc(-c2c3cccc(C(C)C)c3cc(C)[n+]2C)c1C.Cc1ccc(-c2ccccc2)cc1-c1c2cccc(C(C)C)c2cc(C)[n+]1C. The minimum Gasteiger partial charge on any atom is -0.198 e. The topological polar surface area (TPSA) is 15.5 Å². The summed E-state index contributed by atoms with van der Waals surface area (Å²) in [5, 5.41) is 10.9. The van der Waals surface area contributed by atoms with Gasteiger partial charge in [-0.25, -0.2) is 0 Å². The maximum atomic E-state index is 2.51. The number of benzene rings is 10. The normalized spacial score (nSPS) is 12.5. The van der Waals surface area contributed by atoms with E-state index in [1.165, 1.54) is 226 Å². The van der Waals surface area contributed by atoms with Gasteiger partial charge in [-0.3, -0.25) is 0 Å². The van der Waals surface area contributed by atoms with Crippen molar-refractivity contribution in [2.24, 2.45) is 28.2 Å². The van der Waals surface area contributed by atoms with E-state index in [9.17, 15) is 0 Å². The number of nitrogens with zero attached hydrogens (tertiary/aromatic N) is 4. The molecule has 0 saturated heterocycles. The maximum absolute atomic E-state index is 2.51. The highest BCUT2D eigenvalue weighted by Gasteiger charge is 2.30. The van der Waals surface area contributed by atoms with E-state index in [1.807, 2.05) is 0 Å². The third-order valence-electron chi connectivity index (χ3n) is 25.1. The van der Waals surface area contributed by atoms with Gasteiger partial charge >= 0.3 is 0 Å². The van der Waals surface area contributed by atoms with E-state index in [0.29, 0.717) is 23.7 Å². The number of hydrogen-bond acceptors (Lipinski definition) is 0. The van der Waals surface area contributed by atoms with E-state index in [0.717, 1.165) is 5.92 Å². The highest BCUT2D eigenvalue weighted by Crippen LogP contribution is 2.43. The molecule has 15 rings (SSSR count). The van der Waals surface area contributed by atoms with Crippen molar-refractivity contribution in [3.8, 4) is 67.3 Å². The molecule has 0 aliphatic heterocycles. The van der Waals surface area contributed by atoms with Crippen LogP contribution in [-0.2, 0) is 33.6 Å². The van der Waals surface area contributed by atoms with E-state index in [4.69, 9.17) is 0 Å². The summed E-state index contributed by atoms with van der Waals surface area (Å²) in [7, 11) is 8.80. The summed E-state index contributed by atoms with van der Waals surface area (Å²) in [5.74, 6) is 2.77. The molecule has 1 saturated carbocycles. The molecule has 112 heavy (non-hydrogen) atoms. The van der Waals surface area contributed by atoms with Gasteiger partial charge in [-0.1, -0.05) is 229 Å². The van der Waals surface area contributed by atoms with Gasteiger partial charge in [0.1, 0.15) is 28.2 Å². The third kappa shape index (κ3) is 16.4. The molecule has 574 valence electrons. The molecular weight excluding hydrogens is 1350 g/mol. The smallest absolute Gasteiger partial charge is 0.198 e. The zero-order chi connectivity index (χ0) is 80.6. The van der Waals surface area contributed by atoms with E-state index in [-0.39, 0.29) is 5.41 Å². The Balaban J connectivity index is 0.000000139. The Labute approximate surface area is 673 Å². The molecule has 0 atom stereocenters. The van der Waals surface area contributed by atoms with E-state index in [1.54, 1.807) is 5.56 Å². The Morgan fingerprint density at radius 1 is 0.277 bits per heavy atom. The molecule has 4 heteroatoms. The van der Waals surface area contributed by atoms with Crippen LogP contribution in [0.2, 0.25) is 0 Å². The number of hydrogen-bond donors (Lipinski definition) is 0. The minimum absolute atomic E-state index is 0.133. The van der Waals surface area contributed by atoms with Gasteiger partial charge in [0.2, 0.25) is 22.8 Å². The van der Waals surface area contributed by atoms with Crippen LogP contribution in [0.4, 0.5) is 0 Å². The van der Waals surface area contributed by atoms with Crippen LogP contribution in [0.1, 0.15) is 227 Å². The Kier molecular flexibility index (Phi) is 24.4. The monoisotopic (exact) mass is 1480 g/mol.